The monoisotopic (exact) mass is 240 g/mol. The van der Waals surface area contributed by atoms with Gasteiger partial charge in [0, 0.05) is 11.9 Å². The van der Waals surface area contributed by atoms with Gasteiger partial charge in [0.15, 0.2) is 5.82 Å². The summed E-state index contributed by atoms with van der Waals surface area (Å²) in [5, 5.41) is 11.3. The zero-order valence-electron chi connectivity index (χ0n) is 10.8. The standard InChI is InChI=1S/C14H16N4/c1-4-15-13-9-12(7-5-10(13)2)16-14-8-6-11(3)17-18-14/h4-9H,1-3H3,(H,16,18)/b15-4-. The van der Waals surface area contributed by atoms with E-state index in [0.29, 0.717) is 0 Å². The molecule has 0 atom stereocenters. The Morgan fingerprint density at radius 2 is 1.94 bits per heavy atom. The minimum absolute atomic E-state index is 0.732. The SMILES string of the molecule is C/C=N\c1cc(Nc2ccc(C)nn2)ccc1C. The van der Waals surface area contributed by atoms with E-state index in [1.807, 2.05) is 51.1 Å². The van der Waals surface area contributed by atoms with Gasteiger partial charge in [-0.2, -0.15) is 5.10 Å². The van der Waals surface area contributed by atoms with Crippen LogP contribution in [0.3, 0.4) is 0 Å². The fraction of sp³-hybridized carbons (Fsp3) is 0.214. The Balaban J connectivity index is 2.24. The lowest BCUT2D eigenvalue weighted by Gasteiger charge is -2.07. The third-order valence-electron chi connectivity index (χ3n) is 2.55. The van der Waals surface area contributed by atoms with Gasteiger partial charge in [-0.05, 0) is 50.6 Å². The van der Waals surface area contributed by atoms with Crippen molar-refractivity contribution in [1.29, 1.82) is 0 Å². The molecule has 1 aromatic heterocycles. The maximum Gasteiger partial charge on any atom is 0.153 e. The van der Waals surface area contributed by atoms with Crippen molar-refractivity contribution in [3.63, 3.8) is 0 Å². The topological polar surface area (TPSA) is 50.2 Å². The Morgan fingerprint density at radius 3 is 2.61 bits per heavy atom. The van der Waals surface area contributed by atoms with Crippen LogP contribution in [-0.2, 0) is 0 Å². The lowest BCUT2D eigenvalue weighted by Crippen LogP contribution is -1.96. The second-order valence-electron chi connectivity index (χ2n) is 4.07. The molecule has 0 spiro atoms. The third kappa shape index (κ3) is 2.91. The molecule has 18 heavy (non-hydrogen) atoms. The highest BCUT2D eigenvalue weighted by atomic mass is 15.2. The van der Waals surface area contributed by atoms with Gasteiger partial charge >= 0.3 is 0 Å². The number of aromatic nitrogens is 2. The van der Waals surface area contributed by atoms with Crippen molar-refractivity contribution in [3.05, 3.63) is 41.6 Å². The molecule has 2 rings (SSSR count). The van der Waals surface area contributed by atoms with E-state index in [9.17, 15) is 0 Å². The Labute approximate surface area is 107 Å². The maximum atomic E-state index is 4.32. The van der Waals surface area contributed by atoms with Crippen LogP contribution in [0, 0.1) is 13.8 Å². The molecule has 1 aromatic carbocycles. The molecule has 0 radical (unpaired) electrons. The van der Waals surface area contributed by atoms with Gasteiger partial charge in [0.2, 0.25) is 0 Å². The average Bonchev–Trinajstić information content (AvgIpc) is 2.37. The molecular weight excluding hydrogens is 224 g/mol. The Bertz CT molecular complexity index is 559. The van der Waals surface area contributed by atoms with Crippen molar-refractivity contribution in [3.8, 4) is 0 Å². The van der Waals surface area contributed by atoms with E-state index in [0.717, 1.165) is 28.5 Å². The number of rotatable bonds is 3. The van der Waals surface area contributed by atoms with Crippen molar-refractivity contribution >= 4 is 23.4 Å². The Kier molecular flexibility index (Phi) is 3.67. The van der Waals surface area contributed by atoms with Gasteiger partial charge in [-0.3, -0.25) is 4.99 Å². The molecule has 0 amide bonds. The van der Waals surface area contributed by atoms with E-state index in [1.54, 1.807) is 6.21 Å². The summed E-state index contributed by atoms with van der Waals surface area (Å²) < 4.78 is 0. The molecule has 92 valence electrons. The summed E-state index contributed by atoms with van der Waals surface area (Å²) in [5.41, 5.74) is 3.97. The van der Waals surface area contributed by atoms with Crippen LogP contribution in [0.1, 0.15) is 18.2 Å². The van der Waals surface area contributed by atoms with Crippen LogP contribution in [0.25, 0.3) is 0 Å². The number of hydrogen-bond donors (Lipinski definition) is 1. The van der Waals surface area contributed by atoms with Gasteiger partial charge in [0.05, 0.1) is 11.4 Å². The first-order chi connectivity index (χ1) is 8.69. The van der Waals surface area contributed by atoms with Crippen LogP contribution >= 0.6 is 0 Å². The number of nitrogens with one attached hydrogen (secondary N) is 1. The highest BCUT2D eigenvalue weighted by Crippen LogP contribution is 2.24. The first kappa shape index (κ1) is 12.2. The summed E-state index contributed by atoms with van der Waals surface area (Å²) in [4.78, 5) is 4.32. The molecule has 0 aliphatic rings. The van der Waals surface area contributed by atoms with Crippen molar-refractivity contribution in [2.45, 2.75) is 20.8 Å². The molecule has 0 saturated carbocycles. The van der Waals surface area contributed by atoms with Crippen LogP contribution in [0.5, 0.6) is 0 Å². The molecule has 1 N–H and O–H groups in total. The molecule has 1 heterocycles. The van der Waals surface area contributed by atoms with E-state index in [4.69, 9.17) is 0 Å². The smallest absolute Gasteiger partial charge is 0.153 e. The van der Waals surface area contributed by atoms with Gasteiger partial charge in [-0.15, -0.1) is 5.10 Å². The van der Waals surface area contributed by atoms with Crippen LogP contribution in [0.2, 0.25) is 0 Å². The molecule has 0 unspecified atom stereocenters. The first-order valence-corrected chi connectivity index (χ1v) is 5.86. The van der Waals surface area contributed by atoms with Gasteiger partial charge in [0.25, 0.3) is 0 Å². The average molecular weight is 240 g/mol. The second kappa shape index (κ2) is 5.40. The molecular formula is C14H16N4. The van der Waals surface area contributed by atoms with Gasteiger partial charge in [0.1, 0.15) is 0 Å². The fourth-order valence-electron chi connectivity index (χ4n) is 1.58. The van der Waals surface area contributed by atoms with Gasteiger partial charge in [-0.25, -0.2) is 0 Å². The summed E-state index contributed by atoms with van der Waals surface area (Å²) in [6.07, 6.45) is 1.79. The summed E-state index contributed by atoms with van der Waals surface area (Å²) in [5.74, 6) is 0.732. The van der Waals surface area contributed by atoms with Crippen LogP contribution in [-0.4, -0.2) is 16.4 Å². The second-order valence-corrected chi connectivity index (χ2v) is 4.07. The van der Waals surface area contributed by atoms with Crippen LogP contribution < -0.4 is 5.32 Å². The molecule has 0 bridgehead atoms. The lowest BCUT2D eigenvalue weighted by molar-refractivity contribution is 0.986. The minimum atomic E-state index is 0.732. The maximum absolute atomic E-state index is 4.32. The van der Waals surface area contributed by atoms with E-state index < -0.39 is 0 Å². The number of aliphatic imine (C=N–C) groups is 1. The summed E-state index contributed by atoms with van der Waals surface area (Å²) >= 11 is 0. The lowest BCUT2D eigenvalue weighted by atomic mass is 10.2. The highest BCUT2D eigenvalue weighted by molar-refractivity contribution is 5.68. The summed E-state index contributed by atoms with van der Waals surface area (Å²) in [7, 11) is 0. The molecule has 0 aliphatic carbocycles. The zero-order valence-corrected chi connectivity index (χ0v) is 10.8. The van der Waals surface area contributed by atoms with E-state index >= 15 is 0 Å². The van der Waals surface area contributed by atoms with Gasteiger partial charge < -0.3 is 5.32 Å². The van der Waals surface area contributed by atoms with Crippen LogP contribution in [0.4, 0.5) is 17.2 Å². The number of benzene rings is 1. The Morgan fingerprint density at radius 1 is 1.11 bits per heavy atom. The summed E-state index contributed by atoms with van der Waals surface area (Å²) in [6.45, 7) is 5.86. The number of nitrogens with zero attached hydrogens (tertiary/aromatic N) is 3. The number of hydrogen-bond acceptors (Lipinski definition) is 4. The minimum Gasteiger partial charge on any atom is -0.339 e. The molecule has 2 aromatic rings. The molecule has 0 aliphatic heterocycles. The van der Waals surface area contributed by atoms with Crippen molar-refractivity contribution in [1.82, 2.24) is 10.2 Å². The number of anilines is 2. The quantitative estimate of drug-likeness (QED) is 0.834. The zero-order chi connectivity index (χ0) is 13.0. The van der Waals surface area contributed by atoms with Gasteiger partial charge in [-0.1, -0.05) is 6.07 Å². The molecule has 4 nitrogen and oxygen atoms in total. The third-order valence-corrected chi connectivity index (χ3v) is 2.55. The van der Waals surface area contributed by atoms with E-state index in [2.05, 4.69) is 20.5 Å². The molecule has 0 saturated heterocycles. The number of aryl methyl sites for hydroxylation is 2. The predicted molar refractivity (Wildman–Crippen MR) is 75.1 cm³/mol. The Hall–Kier alpha value is -2.23. The first-order valence-electron chi connectivity index (χ1n) is 5.86. The highest BCUT2D eigenvalue weighted by Gasteiger charge is 2.00. The predicted octanol–water partition coefficient (Wildman–Crippen LogP) is 3.56. The van der Waals surface area contributed by atoms with Crippen molar-refractivity contribution in [2.24, 2.45) is 4.99 Å². The van der Waals surface area contributed by atoms with Crippen molar-refractivity contribution in [2.75, 3.05) is 5.32 Å². The van der Waals surface area contributed by atoms with E-state index in [-0.39, 0.29) is 0 Å². The van der Waals surface area contributed by atoms with Crippen molar-refractivity contribution < 1.29 is 0 Å². The van der Waals surface area contributed by atoms with E-state index in [1.165, 1.54) is 0 Å². The summed E-state index contributed by atoms with van der Waals surface area (Å²) in [6, 6.07) is 9.87. The fourth-order valence-corrected chi connectivity index (χ4v) is 1.58. The molecule has 0 fully saturated rings. The molecule has 4 heteroatoms. The largest absolute Gasteiger partial charge is 0.339 e. The van der Waals surface area contributed by atoms with Crippen LogP contribution in [0.15, 0.2) is 35.3 Å². The normalized spacial score (nSPS) is 10.8.